The van der Waals surface area contributed by atoms with Gasteiger partial charge in [-0.25, -0.2) is 9.97 Å². The maximum atomic E-state index is 12.9. The lowest BCUT2D eigenvalue weighted by atomic mass is 10.2. The van der Waals surface area contributed by atoms with Crippen molar-refractivity contribution in [1.82, 2.24) is 14.4 Å². The van der Waals surface area contributed by atoms with Crippen LogP contribution in [0.3, 0.4) is 0 Å². The zero-order valence-electron chi connectivity index (χ0n) is 17.8. The molecule has 1 atom stereocenters. The van der Waals surface area contributed by atoms with Crippen LogP contribution in [0.4, 0.5) is 18.9 Å². The van der Waals surface area contributed by atoms with E-state index in [9.17, 15) is 22.8 Å². The van der Waals surface area contributed by atoms with E-state index in [1.165, 1.54) is 16.7 Å². The first kappa shape index (κ1) is 24.1. The molecule has 1 saturated heterocycles. The van der Waals surface area contributed by atoms with Crippen LogP contribution in [-0.2, 0) is 15.7 Å². The molecule has 3 aromatic heterocycles. The molecule has 12 heteroatoms. The fourth-order valence-corrected chi connectivity index (χ4v) is 3.08. The number of anilines is 1. The van der Waals surface area contributed by atoms with Gasteiger partial charge in [0.2, 0.25) is 0 Å². The minimum atomic E-state index is -4.70. The highest BCUT2D eigenvalue weighted by Crippen LogP contribution is 2.28. The molecule has 0 bridgehead atoms. The van der Waals surface area contributed by atoms with Gasteiger partial charge in [-0.3, -0.25) is 9.59 Å². The summed E-state index contributed by atoms with van der Waals surface area (Å²) < 4.78 is 51.1. The molecule has 1 fully saturated rings. The Kier molecular flexibility index (Phi) is 7.29. The lowest BCUT2D eigenvalue weighted by Gasteiger charge is -2.20. The molecular weight excluding hydrogens is 443 g/mol. The second-order valence-corrected chi connectivity index (χ2v) is 6.69. The minimum absolute atomic E-state index is 0.00558. The van der Waals surface area contributed by atoms with Gasteiger partial charge < -0.3 is 24.9 Å². The highest BCUT2D eigenvalue weighted by atomic mass is 19.4. The second-order valence-electron chi connectivity index (χ2n) is 6.69. The fraction of sp³-hybridized carbons (Fsp3) is 0.333. The summed E-state index contributed by atoms with van der Waals surface area (Å²) in [6.45, 7) is 5.21. The predicted octanol–water partition coefficient (Wildman–Crippen LogP) is 3.21. The molecule has 2 amide bonds. The van der Waals surface area contributed by atoms with Crippen LogP contribution >= 0.6 is 0 Å². The van der Waals surface area contributed by atoms with E-state index in [0.29, 0.717) is 31.2 Å². The molecule has 0 aromatic carbocycles. The van der Waals surface area contributed by atoms with E-state index >= 15 is 0 Å². The number of amides is 2. The van der Waals surface area contributed by atoms with E-state index in [1.54, 1.807) is 6.20 Å². The highest BCUT2D eigenvalue weighted by Gasteiger charge is 2.33. The average molecular weight is 465 g/mol. The SMILES string of the molecule is CC.NC(=O)c1cc2nc(C3COCCO3)cn2cc1NC(=O)c1cccc(C(F)(F)F)n1. The van der Waals surface area contributed by atoms with Crippen molar-refractivity contribution >= 4 is 23.1 Å². The van der Waals surface area contributed by atoms with Crippen molar-refractivity contribution in [3.63, 3.8) is 0 Å². The van der Waals surface area contributed by atoms with Gasteiger partial charge in [0, 0.05) is 12.4 Å². The first-order valence-corrected chi connectivity index (χ1v) is 10.1. The summed E-state index contributed by atoms with van der Waals surface area (Å²) >= 11 is 0. The van der Waals surface area contributed by atoms with Crippen molar-refractivity contribution < 1.29 is 32.2 Å². The molecule has 1 unspecified atom stereocenters. The van der Waals surface area contributed by atoms with Crippen molar-refractivity contribution in [2.75, 3.05) is 25.1 Å². The van der Waals surface area contributed by atoms with E-state index in [2.05, 4.69) is 15.3 Å². The number of carbonyl (C=O) groups is 2. The molecular formula is C21H22F3N5O4. The van der Waals surface area contributed by atoms with Crippen molar-refractivity contribution in [3.05, 3.63) is 59.3 Å². The number of aromatic nitrogens is 3. The van der Waals surface area contributed by atoms with Crippen LogP contribution in [-0.4, -0.2) is 46.0 Å². The monoisotopic (exact) mass is 465 g/mol. The summed E-state index contributed by atoms with van der Waals surface area (Å²) in [7, 11) is 0. The zero-order chi connectivity index (χ0) is 24.2. The fourth-order valence-electron chi connectivity index (χ4n) is 3.08. The van der Waals surface area contributed by atoms with Gasteiger partial charge >= 0.3 is 6.18 Å². The zero-order valence-corrected chi connectivity index (χ0v) is 17.8. The number of hydrogen-bond acceptors (Lipinski definition) is 6. The quantitative estimate of drug-likeness (QED) is 0.610. The number of hydrogen-bond donors (Lipinski definition) is 2. The number of nitrogens with zero attached hydrogens (tertiary/aromatic N) is 3. The van der Waals surface area contributed by atoms with Crippen LogP contribution in [0.25, 0.3) is 5.65 Å². The lowest BCUT2D eigenvalue weighted by molar-refractivity contribution is -0.141. The lowest BCUT2D eigenvalue weighted by Crippen LogP contribution is -2.22. The molecule has 176 valence electrons. The topological polar surface area (TPSA) is 121 Å². The van der Waals surface area contributed by atoms with E-state index in [4.69, 9.17) is 15.2 Å². The molecule has 0 radical (unpaired) electrons. The molecule has 3 N–H and O–H groups in total. The van der Waals surface area contributed by atoms with Crippen LogP contribution < -0.4 is 11.1 Å². The highest BCUT2D eigenvalue weighted by molar-refractivity contribution is 6.08. The largest absolute Gasteiger partial charge is 0.433 e. The molecule has 1 aliphatic rings. The third-order valence-electron chi connectivity index (χ3n) is 4.54. The van der Waals surface area contributed by atoms with Gasteiger partial charge in [0.25, 0.3) is 11.8 Å². The summed E-state index contributed by atoms with van der Waals surface area (Å²) in [5.74, 6) is -1.78. The number of rotatable bonds is 4. The number of fused-ring (bicyclic) bond motifs is 1. The van der Waals surface area contributed by atoms with Crippen molar-refractivity contribution in [2.45, 2.75) is 26.1 Å². The molecule has 4 heterocycles. The Morgan fingerprint density at radius 3 is 2.58 bits per heavy atom. The Morgan fingerprint density at radius 1 is 1.18 bits per heavy atom. The Hall–Kier alpha value is -3.51. The smallest absolute Gasteiger partial charge is 0.376 e. The number of pyridine rings is 2. The van der Waals surface area contributed by atoms with E-state index in [0.717, 1.165) is 18.2 Å². The van der Waals surface area contributed by atoms with Gasteiger partial charge in [-0.05, 0) is 18.2 Å². The summed E-state index contributed by atoms with van der Waals surface area (Å²) in [6.07, 6.45) is -2.07. The summed E-state index contributed by atoms with van der Waals surface area (Å²) in [6, 6.07) is 4.31. The van der Waals surface area contributed by atoms with Gasteiger partial charge in [0.05, 0.1) is 36.8 Å². The molecule has 33 heavy (non-hydrogen) atoms. The van der Waals surface area contributed by atoms with Gasteiger partial charge in [-0.2, -0.15) is 13.2 Å². The molecule has 3 aromatic rings. The summed E-state index contributed by atoms with van der Waals surface area (Å²) in [5.41, 5.74) is 4.59. The van der Waals surface area contributed by atoms with Crippen molar-refractivity contribution in [2.24, 2.45) is 5.73 Å². The third kappa shape index (κ3) is 5.46. The molecule has 4 rings (SSSR count). The number of halogens is 3. The Labute approximate surface area is 186 Å². The minimum Gasteiger partial charge on any atom is -0.376 e. The molecule has 0 saturated carbocycles. The standard InChI is InChI=1S/C19H16F3N5O4.C2H6/c20-19(21,22)15-3-1-2-11(24-15)18(29)26-12-7-27-8-13(14-9-30-4-5-31-14)25-16(27)6-10(12)17(23)28;1-2/h1-3,6-8,14H,4-5,9H2,(H2,23,28)(H,26,29);1-2H3. The maximum absolute atomic E-state index is 12.9. The summed E-state index contributed by atoms with van der Waals surface area (Å²) in [4.78, 5) is 32.1. The van der Waals surface area contributed by atoms with Crippen LogP contribution in [0, 0.1) is 0 Å². The normalized spacial score (nSPS) is 16.1. The number of imidazole rings is 1. The third-order valence-corrected chi connectivity index (χ3v) is 4.54. The number of ether oxygens (including phenoxy) is 2. The number of carbonyl (C=O) groups excluding carboxylic acids is 2. The number of primary amides is 1. The van der Waals surface area contributed by atoms with E-state index < -0.39 is 35.5 Å². The van der Waals surface area contributed by atoms with E-state index in [-0.39, 0.29) is 11.3 Å². The Morgan fingerprint density at radius 2 is 1.94 bits per heavy atom. The first-order valence-electron chi connectivity index (χ1n) is 10.1. The van der Waals surface area contributed by atoms with Gasteiger partial charge in [0.15, 0.2) is 0 Å². The van der Waals surface area contributed by atoms with Gasteiger partial charge in [-0.1, -0.05) is 19.9 Å². The van der Waals surface area contributed by atoms with Crippen LogP contribution in [0.2, 0.25) is 0 Å². The van der Waals surface area contributed by atoms with E-state index in [1.807, 2.05) is 13.8 Å². The molecule has 0 spiro atoms. The molecule has 1 aliphatic heterocycles. The number of alkyl halides is 3. The Balaban J connectivity index is 0.00000149. The first-order chi connectivity index (χ1) is 15.7. The Bertz CT molecular complexity index is 1160. The number of nitrogens with one attached hydrogen (secondary N) is 1. The predicted molar refractivity (Wildman–Crippen MR) is 112 cm³/mol. The number of nitrogens with two attached hydrogens (primary N) is 1. The molecule has 9 nitrogen and oxygen atoms in total. The van der Waals surface area contributed by atoms with Crippen molar-refractivity contribution in [3.8, 4) is 0 Å². The van der Waals surface area contributed by atoms with Gasteiger partial charge in [-0.15, -0.1) is 0 Å². The maximum Gasteiger partial charge on any atom is 0.433 e. The average Bonchev–Trinajstić information content (AvgIpc) is 3.23. The van der Waals surface area contributed by atoms with Crippen LogP contribution in [0.5, 0.6) is 0 Å². The van der Waals surface area contributed by atoms with Crippen LogP contribution in [0.15, 0.2) is 36.7 Å². The second kappa shape index (κ2) is 9.96. The molecule has 0 aliphatic carbocycles. The summed E-state index contributed by atoms with van der Waals surface area (Å²) in [5, 5.41) is 2.39. The van der Waals surface area contributed by atoms with Gasteiger partial charge in [0.1, 0.15) is 23.1 Å². The van der Waals surface area contributed by atoms with Crippen molar-refractivity contribution in [1.29, 1.82) is 0 Å². The van der Waals surface area contributed by atoms with Crippen LogP contribution in [0.1, 0.15) is 52.2 Å².